The molecule has 4 amide bonds. The summed E-state index contributed by atoms with van der Waals surface area (Å²) in [7, 11) is 2.59. The number of carbonyl (C=O) groups is 3. The predicted octanol–water partition coefficient (Wildman–Crippen LogP) is -2.46. The van der Waals surface area contributed by atoms with Crippen LogP contribution in [0.15, 0.2) is 4.99 Å². The second kappa shape index (κ2) is 4.19. The van der Waals surface area contributed by atoms with Crippen LogP contribution in [0.1, 0.15) is 0 Å². The van der Waals surface area contributed by atoms with Crippen molar-refractivity contribution in [3.63, 3.8) is 0 Å². The molecule has 0 atom stereocenters. The summed E-state index contributed by atoms with van der Waals surface area (Å²) in [5.74, 6) is -1.89. The minimum atomic E-state index is -0.901. The van der Waals surface area contributed by atoms with Crippen molar-refractivity contribution < 1.29 is 24.1 Å². The summed E-state index contributed by atoms with van der Waals surface area (Å²) in [4.78, 5) is 37.9. The maximum absolute atomic E-state index is 11.6. The summed E-state index contributed by atoms with van der Waals surface area (Å²) in [6.45, 7) is -0.828. The van der Waals surface area contributed by atoms with Gasteiger partial charge in [0.2, 0.25) is 5.71 Å². The lowest BCUT2D eigenvalue weighted by Crippen LogP contribution is -2.55. The topological polar surface area (TPSA) is 116 Å². The molecule has 1 rings (SSSR count). The molecule has 0 unspecified atom stereocenters. The first-order valence-corrected chi connectivity index (χ1v) is 4.31. The Morgan fingerprint density at radius 2 is 2.12 bits per heavy atom. The molecule has 0 bridgehead atoms. The van der Waals surface area contributed by atoms with Crippen LogP contribution in [0.4, 0.5) is 4.79 Å². The molecule has 1 heterocycles. The predicted molar refractivity (Wildman–Crippen MR) is 53.1 cm³/mol. The molecule has 8 nitrogen and oxygen atoms in total. The van der Waals surface area contributed by atoms with Crippen LogP contribution in [0.25, 0.3) is 0 Å². The summed E-state index contributed by atoms with van der Waals surface area (Å²) in [6.07, 6.45) is 0. The van der Waals surface area contributed by atoms with Gasteiger partial charge in [-0.2, -0.15) is 14.5 Å². The van der Waals surface area contributed by atoms with Gasteiger partial charge in [-0.1, -0.05) is 0 Å². The Kier molecular flexibility index (Phi) is 3.14. The van der Waals surface area contributed by atoms with Gasteiger partial charge in [0.05, 0.1) is 14.1 Å². The number of amidine groups is 1. The Balaban J connectivity index is 3.29. The Labute approximate surface area is 90.7 Å². The average Bonchev–Trinajstić information content (AvgIpc) is 2.29. The van der Waals surface area contributed by atoms with Crippen molar-refractivity contribution in [3.8, 4) is 0 Å². The van der Waals surface area contributed by atoms with Gasteiger partial charge in [-0.3, -0.25) is 4.79 Å². The van der Waals surface area contributed by atoms with E-state index >= 15 is 0 Å². The van der Waals surface area contributed by atoms with E-state index in [9.17, 15) is 14.4 Å². The van der Waals surface area contributed by atoms with Crippen molar-refractivity contribution in [3.05, 3.63) is 0 Å². The molecule has 1 aliphatic heterocycles. The summed E-state index contributed by atoms with van der Waals surface area (Å²) >= 11 is 0. The second-order valence-electron chi connectivity index (χ2n) is 3.10. The van der Waals surface area contributed by atoms with Gasteiger partial charge < -0.3 is 10.8 Å². The molecule has 0 radical (unpaired) electrons. The van der Waals surface area contributed by atoms with Crippen molar-refractivity contribution in [1.82, 2.24) is 4.90 Å². The van der Waals surface area contributed by atoms with E-state index in [1.807, 2.05) is 0 Å². The van der Waals surface area contributed by atoms with Gasteiger partial charge in [0.15, 0.2) is 0 Å². The zero-order valence-electron chi connectivity index (χ0n) is 8.80. The van der Waals surface area contributed by atoms with Crippen molar-refractivity contribution in [2.24, 2.45) is 10.7 Å². The lowest BCUT2D eigenvalue weighted by atomic mass is 10.2. The summed E-state index contributed by atoms with van der Waals surface area (Å²) < 4.78 is 0.991. The minimum absolute atomic E-state index is 0.213. The van der Waals surface area contributed by atoms with Gasteiger partial charge in [-0.15, -0.1) is 0 Å². The molecule has 0 aliphatic carbocycles. The number of amides is 4. The van der Waals surface area contributed by atoms with E-state index in [2.05, 4.69) is 4.99 Å². The van der Waals surface area contributed by atoms with Gasteiger partial charge >= 0.3 is 11.9 Å². The minimum Gasteiger partial charge on any atom is -0.386 e. The normalized spacial score (nSPS) is 19.7. The Bertz CT molecular complexity index is 437. The average molecular weight is 227 g/mol. The summed E-state index contributed by atoms with van der Waals surface area (Å²) in [5.41, 5.74) is 5.13. The maximum atomic E-state index is 11.6. The fraction of sp³-hybridized carbons (Fsp3) is 0.375. The van der Waals surface area contributed by atoms with E-state index in [1.54, 1.807) is 0 Å². The highest BCUT2D eigenvalue weighted by Crippen LogP contribution is 2.00. The van der Waals surface area contributed by atoms with Gasteiger partial charge in [0.25, 0.3) is 11.7 Å². The molecule has 8 heteroatoms. The van der Waals surface area contributed by atoms with Crippen molar-refractivity contribution in [1.29, 1.82) is 0 Å². The zero-order valence-corrected chi connectivity index (χ0v) is 8.80. The number of imide groups is 1. The van der Waals surface area contributed by atoms with Crippen molar-refractivity contribution in [2.75, 3.05) is 20.7 Å². The highest BCUT2D eigenvalue weighted by molar-refractivity contribution is 6.67. The first-order valence-electron chi connectivity index (χ1n) is 4.31. The number of hydrogen-bond acceptors (Lipinski definition) is 5. The number of nitrogens with zero attached hydrogens (tertiary/aromatic N) is 3. The van der Waals surface area contributed by atoms with Gasteiger partial charge in [0, 0.05) is 0 Å². The molecule has 16 heavy (non-hydrogen) atoms. The molecular weight excluding hydrogens is 216 g/mol. The van der Waals surface area contributed by atoms with Crippen LogP contribution in [-0.4, -0.2) is 64.7 Å². The third-order valence-electron chi connectivity index (χ3n) is 2.06. The number of aliphatic hydroxyl groups excluding tert-OH is 1. The largest absolute Gasteiger partial charge is 0.445 e. The molecule has 0 aromatic rings. The van der Waals surface area contributed by atoms with Crippen molar-refractivity contribution >= 4 is 29.4 Å². The molecule has 0 saturated carbocycles. The van der Waals surface area contributed by atoms with Gasteiger partial charge in [0.1, 0.15) is 6.61 Å². The first-order chi connectivity index (χ1) is 7.40. The number of nitrogens with two attached hydrogens (primary N) is 1. The third-order valence-corrected chi connectivity index (χ3v) is 2.06. The van der Waals surface area contributed by atoms with Crippen LogP contribution in [0.2, 0.25) is 0 Å². The molecule has 86 valence electrons. The Morgan fingerprint density at radius 1 is 1.56 bits per heavy atom. The number of aliphatic hydroxyl groups is 1. The number of aliphatic imine (C=N–C) groups is 1. The van der Waals surface area contributed by atoms with E-state index in [4.69, 9.17) is 10.8 Å². The fourth-order valence-corrected chi connectivity index (χ4v) is 1.11. The van der Waals surface area contributed by atoms with Crippen LogP contribution in [0, 0.1) is 0 Å². The smallest absolute Gasteiger partial charge is 0.386 e. The second-order valence-corrected chi connectivity index (χ2v) is 3.10. The van der Waals surface area contributed by atoms with E-state index in [0.717, 1.165) is 9.48 Å². The highest BCUT2D eigenvalue weighted by Gasteiger charge is 2.39. The molecular formula is C8H11N4O4+. The monoisotopic (exact) mass is 227 g/mol. The van der Waals surface area contributed by atoms with E-state index in [0.29, 0.717) is 0 Å². The van der Waals surface area contributed by atoms with Gasteiger partial charge in [-0.05, 0) is 0 Å². The number of rotatable bonds is 1. The Hall–Kier alpha value is -2.09. The Morgan fingerprint density at radius 3 is 2.62 bits per heavy atom. The molecule has 0 aromatic heterocycles. The van der Waals surface area contributed by atoms with E-state index in [-0.39, 0.29) is 11.5 Å². The number of hydrogen-bond donors (Lipinski definition) is 2. The van der Waals surface area contributed by atoms with Crippen molar-refractivity contribution in [2.45, 2.75) is 0 Å². The van der Waals surface area contributed by atoms with Crippen LogP contribution in [-0.2, 0) is 9.59 Å². The molecule has 0 saturated heterocycles. The first kappa shape index (κ1) is 12.0. The SMILES string of the molecule is CN1C(=O)C(=NC(=O)CO)C(N)=[N+](C)C1=O. The lowest BCUT2D eigenvalue weighted by Gasteiger charge is -2.17. The number of urea groups is 1. The van der Waals surface area contributed by atoms with E-state index < -0.39 is 24.5 Å². The highest BCUT2D eigenvalue weighted by atomic mass is 16.3. The quantitative estimate of drug-likeness (QED) is 0.482. The molecule has 3 N–H and O–H groups in total. The van der Waals surface area contributed by atoms with Crippen LogP contribution >= 0.6 is 0 Å². The van der Waals surface area contributed by atoms with Crippen LogP contribution in [0.3, 0.4) is 0 Å². The van der Waals surface area contributed by atoms with Crippen LogP contribution < -0.4 is 5.73 Å². The molecule has 0 spiro atoms. The fourth-order valence-electron chi connectivity index (χ4n) is 1.11. The maximum Gasteiger partial charge on any atom is 0.445 e. The van der Waals surface area contributed by atoms with E-state index in [1.165, 1.54) is 14.1 Å². The molecule has 0 fully saturated rings. The number of carbonyl (C=O) groups excluding carboxylic acids is 3. The zero-order chi connectivity index (χ0) is 12.5. The summed E-state index contributed by atoms with van der Waals surface area (Å²) in [5, 5.41) is 8.51. The van der Waals surface area contributed by atoms with Gasteiger partial charge in [-0.25, -0.2) is 9.59 Å². The lowest BCUT2D eigenvalue weighted by molar-refractivity contribution is -0.401. The third kappa shape index (κ3) is 1.82. The standard InChI is InChI=1S/C8H10N4O4/c1-11-6(9)5(10-4(14)3-13)7(15)12(2)8(11)16/h9,13H,3H2,1-2H3/p+1. The van der Waals surface area contributed by atoms with Crippen LogP contribution in [0.5, 0.6) is 0 Å². The molecule has 0 aromatic carbocycles. The summed E-state index contributed by atoms with van der Waals surface area (Å²) in [6, 6.07) is -0.613. The molecule has 1 aliphatic rings.